The Balaban J connectivity index is 1.99. The predicted molar refractivity (Wildman–Crippen MR) is 80.9 cm³/mol. The van der Waals surface area contributed by atoms with E-state index in [1.807, 2.05) is 24.3 Å². The van der Waals surface area contributed by atoms with E-state index in [4.69, 9.17) is 0 Å². The molecule has 0 aliphatic heterocycles. The lowest BCUT2D eigenvalue weighted by Crippen LogP contribution is -2.16. The van der Waals surface area contributed by atoms with Gasteiger partial charge in [-0.25, -0.2) is 4.98 Å². The molecule has 1 heterocycles. The first-order chi connectivity index (χ1) is 10.9. The van der Waals surface area contributed by atoms with Gasteiger partial charge in [0.15, 0.2) is 0 Å². The van der Waals surface area contributed by atoms with Gasteiger partial charge in [0.05, 0.1) is 29.2 Å². The molecule has 1 atom stereocenters. The number of para-hydroxylation sites is 2. The number of halogens is 3. The van der Waals surface area contributed by atoms with Crippen molar-refractivity contribution in [2.45, 2.75) is 25.7 Å². The van der Waals surface area contributed by atoms with E-state index in [0.29, 0.717) is 5.82 Å². The van der Waals surface area contributed by atoms with Gasteiger partial charge in [0, 0.05) is 0 Å². The first-order valence-corrected chi connectivity index (χ1v) is 7.14. The molecule has 0 aliphatic rings. The first kappa shape index (κ1) is 15.6. The second-order valence-electron chi connectivity index (χ2n) is 5.36. The van der Waals surface area contributed by atoms with E-state index in [-0.39, 0.29) is 12.1 Å². The fourth-order valence-electron chi connectivity index (χ4n) is 2.74. The van der Waals surface area contributed by atoms with Gasteiger partial charge in [-0.1, -0.05) is 30.3 Å². The zero-order valence-electron chi connectivity index (χ0n) is 12.4. The minimum Gasteiger partial charge on any atom is -0.387 e. The van der Waals surface area contributed by atoms with Crippen molar-refractivity contribution in [1.29, 1.82) is 0 Å². The van der Waals surface area contributed by atoms with Gasteiger partial charge in [-0.05, 0) is 30.7 Å². The van der Waals surface area contributed by atoms with Crippen molar-refractivity contribution in [2.75, 3.05) is 0 Å². The molecule has 1 aromatic heterocycles. The molecular formula is C17H15F3N2O. The minimum atomic E-state index is -4.50. The Morgan fingerprint density at radius 2 is 1.74 bits per heavy atom. The zero-order valence-corrected chi connectivity index (χ0v) is 12.4. The summed E-state index contributed by atoms with van der Waals surface area (Å²) in [7, 11) is 0. The van der Waals surface area contributed by atoms with Crippen molar-refractivity contribution in [3.63, 3.8) is 0 Å². The van der Waals surface area contributed by atoms with Crippen molar-refractivity contribution in [3.05, 3.63) is 65.5 Å². The maximum absolute atomic E-state index is 13.1. The van der Waals surface area contributed by atoms with E-state index < -0.39 is 17.8 Å². The van der Waals surface area contributed by atoms with Crippen molar-refractivity contribution < 1.29 is 18.3 Å². The topological polar surface area (TPSA) is 38.0 Å². The maximum Gasteiger partial charge on any atom is 0.416 e. The summed E-state index contributed by atoms with van der Waals surface area (Å²) >= 11 is 0. The summed E-state index contributed by atoms with van der Waals surface area (Å²) in [5.41, 5.74) is 0.599. The highest BCUT2D eigenvalue weighted by atomic mass is 19.4. The molecule has 2 aromatic carbocycles. The van der Waals surface area contributed by atoms with Crippen LogP contribution in [-0.2, 0) is 12.7 Å². The fraction of sp³-hybridized carbons (Fsp3) is 0.235. The molecule has 0 amide bonds. The lowest BCUT2D eigenvalue weighted by atomic mass is 10.0. The highest BCUT2D eigenvalue weighted by Gasteiger charge is 2.34. The highest BCUT2D eigenvalue weighted by Crippen LogP contribution is 2.35. The van der Waals surface area contributed by atoms with Gasteiger partial charge in [-0.2, -0.15) is 13.2 Å². The lowest BCUT2D eigenvalue weighted by Gasteiger charge is -2.18. The molecule has 23 heavy (non-hydrogen) atoms. The van der Waals surface area contributed by atoms with E-state index in [1.54, 1.807) is 11.5 Å². The van der Waals surface area contributed by atoms with E-state index in [0.717, 1.165) is 17.1 Å². The normalized spacial score (nSPS) is 13.4. The second kappa shape index (κ2) is 5.70. The molecule has 0 fully saturated rings. The van der Waals surface area contributed by atoms with Crippen LogP contribution in [0.5, 0.6) is 0 Å². The maximum atomic E-state index is 13.1. The number of fused-ring (bicyclic) bond motifs is 1. The van der Waals surface area contributed by atoms with Gasteiger partial charge >= 0.3 is 6.18 Å². The number of aliphatic hydroxyl groups excluding tert-OH is 1. The first-order valence-electron chi connectivity index (χ1n) is 7.14. The fourth-order valence-corrected chi connectivity index (χ4v) is 2.74. The van der Waals surface area contributed by atoms with Crippen LogP contribution in [0.25, 0.3) is 11.0 Å². The van der Waals surface area contributed by atoms with Gasteiger partial charge < -0.3 is 9.67 Å². The molecule has 0 saturated heterocycles. The van der Waals surface area contributed by atoms with Gasteiger partial charge in [-0.15, -0.1) is 0 Å². The zero-order chi connectivity index (χ0) is 16.6. The van der Waals surface area contributed by atoms with Gasteiger partial charge in [0.25, 0.3) is 0 Å². The highest BCUT2D eigenvalue weighted by molar-refractivity contribution is 5.75. The number of alkyl halides is 3. The molecule has 3 aromatic rings. The van der Waals surface area contributed by atoms with Crippen LogP contribution in [0.4, 0.5) is 13.2 Å². The molecule has 0 bridgehead atoms. The minimum absolute atomic E-state index is 0.0133. The Labute approximate surface area is 131 Å². The largest absolute Gasteiger partial charge is 0.416 e. The number of nitrogens with zero attached hydrogens (tertiary/aromatic N) is 2. The van der Waals surface area contributed by atoms with E-state index in [2.05, 4.69) is 4.98 Å². The summed E-state index contributed by atoms with van der Waals surface area (Å²) in [6, 6.07) is 12.4. The number of hydrogen-bond acceptors (Lipinski definition) is 2. The summed E-state index contributed by atoms with van der Waals surface area (Å²) in [6.45, 7) is 1.78. The van der Waals surface area contributed by atoms with Crippen LogP contribution in [0.3, 0.4) is 0 Å². The molecule has 0 saturated carbocycles. The van der Waals surface area contributed by atoms with Crippen LogP contribution in [0, 0.1) is 6.92 Å². The standard InChI is InChI=1S/C17H15F3N2O/c1-11-21-14-8-4-5-9-15(14)22(11)10-16(23)12-6-2-3-7-13(12)17(18,19)20/h2-9,16,23H,10H2,1H3/t16-/m1/s1. The smallest absolute Gasteiger partial charge is 0.387 e. The van der Waals surface area contributed by atoms with Crippen LogP contribution in [0.1, 0.15) is 23.1 Å². The second-order valence-corrected chi connectivity index (χ2v) is 5.36. The van der Waals surface area contributed by atoms with Crippen LogP contribution < -0.4 is 0 Å². The average molecular weight is 320 g/mol. The Morgan fingerprint density at radius 1 is 1.09 bits per heavy atom. The Kier molecular flexibility index (Phi) is 3.85. The molecule has 1 N–H and O–H groups in total. The van der Waals surface area contributed by atoms with Crippen LogP contribution in [0.15, 0.2) is 48.5 Å². The Bertz CT molecular complexity index is 839. The van der Waals surface area contributed by atoms with E-state index in [9.17, 15) is 18.3 Å². The molecular weight excluding hydrogens is 305 g/mol. The van der Waals surface area contributed by atoms with Gasteiger partial charge in [0.1, 0.15) is 5.82 Å². The molecule has 6 heteroatoms. The van der Waals surface area contributed by atoms with Crippen molar-refractivity contribution in [2.24, 2.45) is 0 Å². The molecule has 0 unspecified atom stereocenters. The molecule has 0 radical (unpaired) electrons. The lowest BCUT2D eigenvalue weighted by molar-refractivity contribution is -0.139. The predicted octanol–water partition coefficient (Wildman–Crippen LogP) is 4.10. The number of aromatic nitrogens is 2. The van der Waals surface area contributed by atoms with Crippen LogP contribution in [0.2, 0.25) is 0 Å². The third-order valence-electron chi connectivity index (χ3n) is 3.83. The Morgan fingerprint density at radius 3 is 2.48 bits per heavy atom. The summed E-state index contributed by atoms with van der Waals surface area (Å²) in [4.78, 5) is 4.36. The molecule has 3 rings (SSSR count). The van der Waals surface area contributed by atoms with Gasteiger partial charge in [0.2, 0.25) is 0 Å². The molecule has 3 nitrogen and oxygen atoms in total. The van der Waals surface area contributed by atoms with Crippen LogP contribution >= 0.6 is 0 Å². The summed E-state index contributed by atoms with van der Waals surface area (Å²) in [5.74, 6) is 0.648. The molecule has 120 valence electrons. The summed E-state index contributed by atoms with van der Waals surface area (Å²) < 4.78 is 41.0. The SMILES string of the molecule is Cc1nc2ccccc2n1C[C@@H](O)c1ccccc1C(F)(F)F. The number of hydrogen-bond donors (Lipinski definition) is 1. The van der Waals surface area contributed by atoms with Gasteiger partial charge in [-0.3, -0.25) is 0 Å². The summed E-state index contributed by atoms with van der Waals surface area (Å²) in [6.07, 6.45) is -5.77. The van der Waals surface area contributed by atoms with Crippen molar-refractivity contribution in [1.82, 2.24) is 9.55 Å². The summed E-state index contributed by atoms with van der Waals surface area (Å²) in [5, 5.41) is 10.4. The van der Waals surface area contributed by atoms with E-state index in [1.165, 1.54) is 18.2 Å². The monoisotopic (exact) mass is 320 g/mol. The van der Waals surface area contributed by atoms with Crippen molar-refractivity contribution in [3.8, 4) is 0 Å². The Hall–Kier alpha value is -2.34. The quantitative estimate of drug-likeness (QED) is 0.789. The average Bonchev–Trinajstić information content (AvgIpc) is 2.82. The third kappa shape index (κ3) is 2.94. The number of imidazole rings is 1. The molecule has 0 aliphatic carbocycles. The van der Waals surface area contributed by atoms with Crippen molar-refractivity contribution >= 4 is 11.0 Å². The third-order valence-corrected chi connectivity index (χ3v) is 3.83. The number of benzene rings is 2. The number of rotatable bonds is 3. The molecule has 0 spiro atoms. The number of aryl methyl sites for hydroxylation is 1. The van der Waals surface area contributed by atoms with E-state index >= 15 is 0 Å². The van der Waals surface area contributed by atoms with Crippen LogP contribution in [-0.4, -0.2) is 14.7 Å². The number of aliphatic hydroxyl groups is 1.